The van der Waals surface area contributed by atoms with E-state index < -0.39 is 5.92 Å². The van der Waals surface area contributed by atoms with Gasteiger partial charge in [0.05, 0.1) is 6.07 Å². The Labute approximate surface area is 90.3 Å². The van der Waals surface area contributed by atoms with E-state index in [1.54, 1.807) is 11.8 Å². The molecule has 0 aliphatic rings. The summed E-state index contributed by atoms with van der Waals surface area (Å²) in [6, 6.07) is 2.04. The second kappa shape index (κ2) is 8.89. The lowest BCUT2D eigenvalue weighted by Crippen LogP contribution is -2.30. The summed E-state index contributed by atoms with van der Waals surface area (Å²) >= 11 is 1.76. The van der Waals surface area contributed by atoms with Crippen molar-refractivity contribution in [1.82, 2.24) is 5.32 Å². The van der Waals surface area contributed by atoms with Crippen LogP contribution in [0.3, 0.4) is 0 Å². The van der Waals surface area contributed by atoms with Gasteiger partial charge in [0.2, 0.25) is 5.91 Å². The van der Waals surface area contributed by atoms with Crippen LogP contribution >= 0.6 is 11.8 Å². The molecule has 0 aliphatic heterocycles. The molecule has 4 heteroatoms. The third-order valence-electron chi connectivity index (χ3n) is 1.78. The molecule has 1 amide bonds. The van der Waals surface area contributed by atoms with Crippen LogP contribution in [-0.4, -0.2) is 24.0 Å². The van der Waals surface area contributed by atoms with Crippen LogP contribution in [0, 0.1) is 17.2 Å². The molecule has 0 aliphatic carbocycles. The zero-order valence-corrected chi connectivity index (χ0v) is 9.69. The summed E-state index contributed by atoms with van der Waals surface area (Å²) in [6.45, 7) is 4.73. The van der Waals surface area contributed by atoms with Gasteiger partial charge in [0, 0.05) is 6.54 Å². The predicted octanol–water partition coefficient (Wildman–Crippen LogP) is 1.80. The maximum absolute atomic E-state index is 11.4. The molecule has 1 unspecified atom stereocenters. The van der Waals surface area contributed by atoms with Crippen molar-refractivity contribution in [2.24, 2.45) is 5.92 Å². The number of nitrogens with one attached hydrogen (secondary N) is 1. The van der Waals surface area contributed by atoms with Crippen molar-refractivity contribution < 1.29 is 4.79 Å². The average molecular weight is 214 g/mol. The number of rotatable bonds is 7. The van der Waals surface area contributed by atoms with Crippen molar-refractivity contribution in [3.8, 4) is 6.07 Å². The molecule has 3 nitrogen and oxygen atoms in total. The summed E-state index contributed by atoms with van der Waals surface area (Å²) in [4.78, 5) is 11.4. The molecule has 1 N–H and O–H groups in total. The highest BCUT2D eigenvalue weighted by Crippen LogP contribution is 2.08. The zero-order valence-electron chi connectivity index (χ0n) is 8.88. The van der Waals surface area contributed by atoms with Gasteiger partial charge < -0.3 is 5.32 Å². The van der Waals surface area contributed by atoms with Crippen LogP contribution < -0.4 is 5.32 Å². The highest BCUT2D eigenvalue weighted by atomic mass is 32.2. The molecule has 0 radical (unpaired) electrons. The summed E-state index contributed by atoms with van der Waals surface area (Å²) < 4.78 is 0. The van der Waals surface area contributed by atoms with Crippen molar-refractivity contribution in [2.75, 3.05) is 18.1 Å². The Kier molecular flexibility index (Phi) is 8.45. The fourth-order valence-electron chi connectivity index (χ4n) is 0.971. The molecular weight excluding hydrogens is 196 g/mol. The Morgan fingerprint density at radius 3 is 2.79 bits per heavy atom. The van der Waals surface area contributed by atoms with Crippen LogP contribution in [-0.2, 0) is 4.79 Å². The molecule has 0 aromatic heterocycles. The topological polar surface area (TPSA) is 52.9 Å². The molecule has 0 spiro atoms. The van der Waals surface area contributed by atoms with E-state index in [1.807, 2.05) is 13.0 Å². The van der Waals surface area contributed by atoms with Crippen molar-refractivity contribution in [3.63, 3.8) is 0 Å². The number of nitriles is 1. The Hall–Kier alpha value is -0.690. The van der Waals surface area contributed by atoms with E-state index in [0.29, 0.717) is 13.0 Å². The SMILES string of the molecule is CCCNC(=O)C(C#N)CCSCC. The molecule has 1 atom stereocenters. The third-order valence-corrected chi connectivity index (χ3v) is 2.71. The van der Waals surface area contributed by atoms with Gasteiger partial charge in [0.1, 0.15) is 5.92 Å². The lowest BCUT2D eigenvalue weighted by atomic mass is 10.1. The Balaban J connectivity index is 3.76. The number of amides is 1. The lowest BCUT2D eigenvalue weighted by molar-refractivity contribution is -0.123. The van der Waals surface area contributed by atoms with E-state index in [0.717, 1.165) is 17.9 Å². The second-order valence-corrected chi connectivity index (χ2v) is 4.35. The molecule has 0 fully saturated rings. The quantitative estimate of drug-likeness (QED) is 0.657. The Bertz CT molecular complexity index is 201. The molecule has 0 aromatic rings. The van der Waals surface area contributed by atoms with E-state index in [2.05, 4.69) is 12.2 Å². The van der Waals surface area contributed by atoms with Crippen LogP contribution in [0.2, 0.25) is 0 Å². The van der Waals surface area contributed by atoms with Crippen LogP contribution in [0.4, 0.5) is 0 Å². The third kappa shape index (κ3) is 5.87. The predicted molar refractivity (Wildman–Crippen MR) is 60.0 cm³/mol. The number of carbonyl (C=O) groups is 1. The van der Waals surface area contributed by atoms with E-state index in [9.17, 15) is 4.79 Å². The number of hydrogen-bond donors (Lipinski definition) is 1. The van der Waals surface area contributed by atoms with Gasteiger partial charge in [-0.05, 0) is 24.3 Å². The van der Waals surface area contributed by atoms with Gasteiger partial charge in [-0.3, -0.25) is 4.79 Å². The van der Waals surface area contributed by atoms with Crippen LogP contribution in [0.15, 0.2) is 0 Å². The molecule has 14 heavy (non-hydrogen) atoms. The van der Waals surface area contributed by atoms with Gasteiger partial charge in [-0.15, -0.1) is 0 Å². The molecule has 0 aromatic carbocycles. The van der Waals surface area contributed by atoms with Crippen molar-refractivity contribution in [3.05, 3.63) is 0 Å². The Morgan fingerprint density at radius 2 is 2.29 bits per heavy atom. The highest BCUT2D eigenvalue weighted by Gasteiger charge is 2.16. The number of nitrogens with zero attached hydrogens (tertiary/aromatic N) is 1. The minimum atomic E-state index is -0.472. The van der Waals surface area contributed by atoms with Gasteiger partial charge in [0.15, 0.2) is 0 Å². The van der Waals surface area contributed by atoms with Crippen LogP contribution in [0.25, 0.3) is 0 Å². The minimum Gasteiger partial charge on any atom is -0.355 e. The first-order chi connectivity index (χ1) is 6.76. The number of thioether (sulfide) groups is 1. The van der Waals surface area contributed by atoms with Gasteiger partial charge in [-0.1, -0.05) is 13.8 Å². The summed E-state index contributed by atoms with van der Waals surface area (Å²) in [5.74, 6) is 1.33. The fourth-order valence-corrected chi connectivity index (χ4v) is 1.66. The molecule has 0 bridgehead atoms. The van der Waals surface area contributed by atoms with Gasteiger partial charge in [0.25, 0.3) is 0 Å². The molecule has 0 saturated carbocycles. The maximum Gasteiger partial charge on any atom is 0.237 e. The highest BCUT2D eigenvalue weighted by molar-refractivity contribution is 7.99. The first kappa shape index (κ1) is 13.3. The van der Waals surface area contributed by atoms with Crippen molar-refractivity contribution in [1.29, 1.82) is 5.26 Å². The summed E-state index contributed by atoms with van der Waals surface area (Å²) in [5, 5.41) is 11.5. The van der Waals surface area contributed by atoms with Gasteiger partial charge >= 0.3 is 0 Å². The van der Waals surface area contributed by atoms with Crippen molar-refractivity contribution in [2.45, 2.75) is 26.7 Å². The van der Waals surface area contributed by atoms with E-state index >= 15 is 0 Å². The smallest absolute Gasteiger partial charge is 0.237 e. The molecular formula is C10H18N2OS. The molecule has 0 saturated heterocycles. The number of carbonyl (C=O) groups excluding carboxylic acids is 1. The fraction of sp³-hybridized carbons (Fsp3) is 0.800. The largest absolute Gasteiger partial charge is 0.355 e. The Morgan fingerprint density at radius 1 is 1.57 bits per heavy atom. The van der Waals surface area contributed by atoms with Crippen molar-refractivity contribution >= 4 is 17.7 Å². The monoisotopic (exact) mass is 214 g/mol. The van der Waals surface area contributed by atoms with E-state index in [-0.39, 0.29) is 5.91 Å². The summed E-state index contributed by atoms with van der Waals surface area (Å²) in [6.07, 6.45) is 1.57. The minimum absolute atomic E-state index is 0.119. The number of hydrogen-bond acceptors (Lipinski definition) is 3. The first-order valence-electron chi connectivity index (χ1n) is 5.01. The summed E-state index contributed by atoms with van der Waals surface area (Å²) in [7, 11) is 0. The van der Waals surface area contributed by atoms with Crippen LogP contribution in [0.1, 0.15) is 26.7 Å². The second-order valence-electron chi connectivity index (χ2n) is 2.96. The van der Waals surface area contributed by atoms with Gasteiger partial charge in [-0.2, -0.15) is 17.0 Å². The maximum atomic E-state index is 11.4. The molecule has 0 rings (SSSR count). The summed E-state index contributed by atoms with van der Waals surface area (Å²) in [5.41, 5.74) is 0. The average Bonchev–Trinajstić information content (AvgIpc) is 2.21. The zero-order chi connectivity index (χ0) is 10.8. The van der Waals surface area contributed by atoms with E-state index in [4.69, 9.17) is 5.26 Å². The molecule has 80 valence electrons. The van der Waals surface area contributed by atoms with E-state index in [1.165, 1.54) is 0 Å². The standard InChI is InChI=1S/C10H18N2OS/c1-3-6-12-10(13)9(8-11)5-7-14-4-2/h9H,3-7H2,1-2H3,(H,12,13). The normalized spacial score (nSPS) is 11.8. The lowest BCUT2D eigenvalue weighted by Gasteiger charge is -2.08. The first-order valence-corrected chi connectivity index (χ1v) is 6.16. The van der Waals surface area contributed by atoms with Crippen LogP contribution in [0.5, 0.6) is 0 Å². The van der Waals surface area contributed by atoms with Gasteiger partial charge in [-0.25, -0.2) is 0 Å². The molecule has 0 heterocycles.